The van der Waals surface area contributed by atoms with Gasteiger partial charge in [0.2, 0.25) is 0 Å². The van der Waals surface area contributed by atoms with Crippen LogP contribution in [0.15, 0.2) is 36.4 Å². The number of hydrogen-bond donors (Lipinski definition) is 1. The molecule has 0 spiro atoms. The summed E-state index contributed by atoms with van der Waals surface area (Å²) >= 11 is 0. The van der Waals surface area contributed by atoms with Gasteiger partial charge in [-0.05, 0) is 36.5 Å². The van der Waals surface area contributed by atoms with Crippen LogP contribution in [0.4, 0.5) is 19.0 Å². The number of hydrogen-bond acceptors (Lipinski definition) is 2. The Morgan fingerprint density at radius 1 is 1.05 bits per heavy atom. The topological polar surface area (TPSA) is 38.9 Å². The van der Waals surface area contributed by atoms with Crippen LogP contribution in [0.2, 0.25) is 0 Å². The maximum absolute atomic E-state index is 12.8. The number of aromatic nitrogens is 1. The Labute approximate surface area is 120 Å². The van der Waals surface area contributed by atoms with Crippen molar-refractivity contribution in [3.05, 3.63) is 47.5 Å². The molecule has 1 heterocycles. The molecular weight excluding hydrogens is 277 g/mol. The lowest BCUT2D eigenvalue weighted by Crippen LogP contribution is -2.08. The van der Waals surface area contributed by atoms with Gasteiger partial charge in [0.25, 0.3) is 0 Å². The van der Waals surface area contributed by atoms with Crippen LogP contribution in [0.5, 0.6) is 0 Å². The van der Waals surface area contributed by atoms with Crippen molar-refractivity contribution in [3.8, 4) is 11.3 Å². The standard InChI is InChI=1S/C16H15F3N2/c17-16(18,19)13-8-14(21-15(20)9-13)12-6-4-11(5-7-12)10-2-1-3-10/h4-10H,1-3H2,(H2,20,21). The molecule has 1 aromatic carbocycles. The predicted octanol–water partition coefficient (Wildman–Crippen LogP) is 4.62. The molecule has 2 aromatic rings. The van der Waals surface area contributed by atoms with Gasteiger partial charge in [0, 0.05) is 5.56 Å². The number of nitrogen functional groups attached to an aromatic ring is 1. The quantitative estimate of drug-likeness (QED) is 0.877. The van der Waals surface area contributed by atoms with E-state index in [1.165, 1.54) is 24.8 Å². The third-order valence-corrected chi connectivity index (χ3v) is 3.96. The van der Waals surface area contributed by atoms with E-state index in [0.29, 0.717) is 11.5 Å². The highest BCUT2D eigenvalue weighted by atomic mass is 19.4. The number of pyridine rings is 1. The van der Waals surface area contributed by atoms with E-state index in [9.17, 15) is 13.2 Å². The molecule has 0 unspecified atom stereocenters. The van der Waals surface area contributed by atoms with Crippen LogP contribution in [0, 0.1) is 0 Å². The first-order valence-corrected chi connectivity index (χ1v) is 6.88. The molecule has 1 aromatic heterocycles. The van der Waals surface area contributed by atoms with Crippen LogP contribution in [0.1, 0.15) is 36.3 Å². The second-order valence-electron chi connectivity index (χ2n) is 5.41. The van der Waals surface area contributed by atoms with Crippen molar-refractivity contribution in [2.45, 2.75) is 31.4 Å². The SMILES string of the molecule is Nc1cc(C(F)(F)F)cc(-c2ccc(C3CCC3)cc2)n1. The van der Waals surface area contributed by atoms with Gasteiger partial charge in [0.05, 0.1) is 11.3 Å². The van der Waals surface area contributed by atoms with E-state index in [1.807, 2.05) is 24.3 Å². The summed E-state index contributed by atoms with van der Waals surface area (Å²) in [5, 5.41) is 0. The van der Waals surface area contributed by atoms with Crippen LogP contribution in [0.3, 0.4) is 0 Å². The van der Waals surface area contributed by atoms with Crippen molar-refractivity contribution in [3.63, 3.8) is 0 Å². The first-order valence-electron chi connectivity index (χ1n) is 6.88. The summed E-state index contributed by atoms with van der Waals surface area (Å²) in [6, 6.07) is 9.46. The third kappa shape index (κ3) is 2.86. The second kappa shape index (κ2) is 5.06. The van der Waals surface area contributed by atoms with Crippen molar-refractivity contribution in [1.82, 2.24) is 4.98 Å². The minimum atomic E-state index is -4.42. The number of benzene rings is 1. The largest absolute Gasteiger partial charge is 0.416 e. The molecule has 0 radical (unpaired) electrons. The first kappa shape index (κ1) is 13.9. The Kier molecular flexibility index (Phi) is 3.35. The maximum Gasteiger partial charge on any atom is 0.416 e. The van der Waals surface area contributed by atoms with Gasteiger partial charge in [0.1, 0.15) is 5.82 Å². The zero-order chi connectivity index (χ0) is 15.0. The van der Waals surface area contributed by atoms with Crippen molar-refractivity contribution < 1.29 is 13.2 Å². The summed E-state index contributed by atoms with van der Waals surface area (Å²) in [6.45, 7) is 0. The van der Waals surface area contributed by atoms with Gasteiger partial charge in [-0.3, -0.25) is 0 Å². The highest BCUT2D eigenvalue weighted by Gasteiger charge is 2.31. The zero-order valence-corrected chi connectivity index (χ0v) is 11.3. The normalized spacial score (nSPS) is 15.8. The van der Waals surface area contributed by atoms with Crippen LogP contribution >= 0.6 is 0 Å². The number of alkyl halides is 3. The van der Waals surface area contributed by atoms with Gasteiger partial charge in [-0.15, -0.1) is 0 Å². The van der Waals surface area contributed by atoms with Crippen LogP contribution in [-0.2, 0) is 6.18 Å². The lowest BCUT2D eigenvalue weighted by Gasteiger charge is -2.25. The molecule has 110 valence electrons. The van der Waals surface area contributed by atoms with E-state index in [1.54, 1.807) is 0 Å². The van der Waals surface area contributed by atoms with Crippen LogP contribution < -0.4 is 5.73 Å². The van der Waals surface area contributed by atoms with E-state index >= 15 is 0 Å². The van der Waals surface area contributed by atoms with Gasteiger partial charge in [0.15, 0.2) is 0 Å². The lowest BCUT2D eigenvalue weighted by molar-refractivity contribution is -0.137. The number of halogens is 3. The second-order valence-corrected chi connectivity index (χ2v) is 5.41. The summed E-state index contributed by atoms with van der Waals surface area (Å²) in [5.74, 6) is 0.474. The van der Waals surface area contributed by atoms with Gasteiger partial charge in [-0.25, -0.2) is 4.98 Å². The number of rotatable bonds is 2. The summed E-state index contributed by atoms with van der Waals surface area (Å²) in [7, 11) is 0. The van der Waals surface area contributed by atoms with Crippen molar-refractivity contribution >= 4 is 5.82 Å². The summed E-state index contributed by atoms with van der Waals surface area (Å²) < 4.78 is 38.4. The molecule has 0 saturated heterocycles. The Morgan fingerprint density at radius 3 is 2.24 bits per heavy atom. The molecule has 0 bridgehead atoms. The maximum atomic E-state index is 12.8. The Bertz CT molecular complexity index is 644. The van der Waals surface area contributed by atoms with Crippen LogP contribution in [-0.4, -0.2) is 4.98 Å². The smallest absolute Gasteiger partial charge is 0.384 e. The van der Waals surface area contributed by atoms with Gasteiger partial charge >= 0.3 is 6.18 Å². The van der Waals surface area contributed by atoms with E-state index < -0.39 is 11.7 Å². The van der Waals surface area contributed by atoms with Gasteiger partial charge in [-0.1, -0.05) is 30.7 Å². The molecule has 2 N–H and O–H groups in total. The molecule has 1 aliphatic carbocycles. The fourth-order valence-electron chi connectivity index (χ4n) is 2.53. The van der Waals surface area contributed by atoms with E-state index in [2.05, 4.69) is 4.98 Å². The monoisotopic (exact) mass is 292 g/mol. The highest BCUT2D eigenvalue weighted by Crippen LogP contribution is 2.37. The number of nitrogens with two attached hydrogens (primary N) is 1. The van der Waals surface area contributed by atoms with Gasteiger partial charge < -0.3 is 5.73 Å². The number of anilines is 1. The summed E-state index contributed by atoms with van der Waals surface area (Å²) in [6.07, 6.45) is -0.794. The lowest BCUT2D eigenvalue weighted by atomic mass is 9.80. The molecule has 5 heteroatoms. The van der Waals surface area contributed by atoms with E-state index in [4.69, 9.17) is 5.73 Å². The molecule has 3 rings (SSSR count). The van der Waals surface area contributed by atoms with Crippen LogP contribution in [0.25, 0.3) is 11.3 Å². The third-order valence-electron chi connectivity index (χ3n) is 3.96. The summed E-state index contributed by atoms with van der Waals surface area (Å²) in [5.41, 5.74) is 6.86. The Morgan fingerprint density at radius 2 is 1.71 bits per heavy atom. The minimum Gasteiger partial charge on any atom is -0.384 e. The van der Waals surface area contributed by atoms with Crippen molar-refractivity contribution in [2.24, 2.45) is 0 Å². The average Bonchev–Trinajstić information content (AvgIpc) is 2.36. The Balaban J connectivity index is 1.94. The molecule has 1 fully saturated rings. The fraction of sp³-hybridized carbons (Fsp3) is 0.312. The molecule has 21 heavy (non-hydrogen) atoms. The molecule has 1 saturated carbocycles. The average molecular weight is 292 g/mol. The summed E-state index contributed by atoms with van der Waals surface area (Å²) in [4.78, 5) is 4.00. The molecule has 0 aliphatic heterocycles. The molecular formula is C16H15F3N2. The molecule has 0 amide bonds. The first-order chi connectivity index (χ1) is 9.93. The van der Waals surface area contributed by atoms with Crippen molar-refractivity contribution in [1.29, 1.82) is 0 Å². The van der Waals surface area contributed by atoms with Crippen molar-refractivity contribution in [2.75, 3.05) is 5.73 Å². The van der Waals surface area contributed by atoms with E-state index in [0.717, 1.165) is 12.1 Å². The Hall–Kier alpha value is -2.04. The minimum absolute atomic E-state index is 0.122. The number of nitrogens with zero attached hydrogens (tertiary/aromatic N) is 1. The highest BCUT2D eigenvalue weighted by molar-refractivity contribution is 5.62. The molecule has 1 aliphatic rings. The zero-order valence-electron chi connectivity index (χ0n) is 11.3. The molecule has 0 atom stereocenters. The molecule has 2 nitrogen and oxygen atoms in total. The predicted molar refractivity (Wildman–Crippen MR) is 75.7 cm³/mol. The van der Waals surface area contributed by atoms with Gasteiger partial charge in [-0.2, -0.15) is 13.2 Å². The van der Waals surface area contributed by atoms with E-state index in [-0.39, 0.29) is 11.5 Å². The fourth-order valence-corrected chi connectivity index (χ4v) is 2.53.